The average Bonchev–Trinajstić information content (AvgIpc) is 2.98. The van der Waals surface area contributed by atoms with Crippen LogP contribution >= 0.6 is 23.7 Å². The fourth-order valence-corrected chi connectivity index (χ4v) is 2.48. The summed E-state index contributed by atoms with van der Waals surface area (Å²) in [5.41, 5.74) is 5.67. The second-order valence-electron chi connectivity index (χ2n) is 4.48. The highest BCUT2D eigenvalue weighted by atomic mass is 35.5. The van der Waals surface area contributed by atoms with Crippen LogP contribution in [0.1, 0.15) is 20.9 Å². The summed E-state index contributed by atoms with van der Waals surface area (Å²) in [6, 6.07) is 5.20. The van der Waals surface area contributed by atoms with Crippen molar-refractivity contribution >= 4 is 35.9 Å². The van der Waals surface area contributed by atoms with Gasteiger partial charge in [-0.2, -0.15) is 5.10 Å². The van der Waals surface area contributed by atoms with Crippen LogP contribution in [0.15, 0.2) is 28.8 Å². The summed E-state index contributed by atoms with van der Waals surface area (Å²) >= 11 is 1.24. The van der Waals surface area contributed by atoms with Gasteiger partial charge in [0, 0.05) is 5.56 Å². The van der Waals surface area contributed by atoms with Crippen molar-refractivity contribution in [2.75, 3.05) is 13.7 Å². The monoisotopic (exact) mass is 371 g/mol. The number of esters is 1. The Bertz CT molecular complexity index is 706. The predicted octanol–water partition coefficient (Wildman–Crippen LogP) is 2.52. The number of hydrazone groups is 1. The molecule has 0 aliphatic heterocycles. The molecule has 0 amide bonds. The average molecular weight is 372 g/mol. The lowest BCUT2D eigenvalue weighted by atomic mass is 10.2. The minimum atomic E-state index is -0.415. The summed E-state index contributed by atoms with van der Waals surface area (Å²) < 4.78 is 10.1. The molecule has 9 heteroatoms. The number of carbonyl (C=O) groups is 1. The Hall–Kier alpha value is -2.32. The number of aromatic nitrogens is 1. The number of nitrogens with zero attached hydrogens (tertiary/aromatic N) is 2. The van der Waals surface area contributed by atoms with Crippen molar-refractivity contribution in [1.82, 2.24) is 10.4 Å². The van der Waals surface area contributed by atoms with Gasteiger partial charge in [-0.25, -0.2) is 9.78 Å². The lowest BCUT2D eigenvalue weighted by Gasteiger charge is -2.08. The Balaban J connectivity index is 0.00000288. The summed E-state index contributed by atoms with van der Waals surface area (Å²) in [5, 5.41) is 13.8. The molecule has 1 aromatic carbocycles. The summed E-state index contributed by atoms with van der Waals surface area (Å²) in [7, 11) is 1.49. The van der Waals surface area contributed by atoms with Crippen LogP contribution in [0.2, 0.25) is 0 Å². The molecule has 130 valence electrons. The van der Waals surface area contributed by atoms with Crippen LogP contribution in [0.25, 0.3) is 0 Å². The van der Waals surface area contributed by atoms with Crippen LogP contribution in [0.3, 0.4) is 0 Å². The molecule has 0 atom stereocenters. The fourth-order valence-electron chi connectivity index (χ4n) is 1.78. The van der Waals surface area contributed by atoms with Crippen molar-refractivity contribution in [3.63, 3.8) is 0 Å². The summed E-state index contributed by atoms with van der Waals surface area (Å²) in [6.07, 6.45) is 1.44. The minimum Gasteiger partial charge on any atom is -0.504 e. The molecule has 0 spiro atoms. The molecule has 0 aliphatic rings. The van der Waals surface area contributed by atoms with Crippen LogP contribution in [0, 0.1) is 6.92 Å². The second-order valence-corrected chi connectivity index (χ2v) is 5.33. The number of nitrogens with one attached hydrogen (secondary N) is 1. The van der Waals surface area contributed by atoms with Crippen LogP contribution in [-0.4, -0.2) is 36.0 Å². The van der Waals surface area contributed by atoms with Gasteiger partial charge in [-0.15, -0.1) is 23.7 Å². The molecule has 2 aromatic rings. The highest BCUT2D eigenvalue weighted by Crippen LogP contribution is 2.28. The van der Waals surface area contributed by atoms with Crippen LogP contribution in [-0.2, 0) is 11.3 Å². The Morgan fingerprint density at radius 3 is 2.96 bits per heavy atom. The van der Waals surface area contributed by atoms with Gasteiger partial charge in [0.2, 0.25) is 0 Å². The number of phenolic OH excluding ortho intramolecular Hbond substituents is 1. The first kappa shape index (κ1) is 19.7. The van der Waals surface area contributed by atoms with Gasteiger partial charge in [0.25, 0.3) is 0 Å². The Labute approximate surface area is 149 Å². The number of carbonyl (C=O) groups excluding carboxylic acids is 1. The van der Waals surface area contributed by atoms with Crippen molar-refractivity contribution in [3.05, 3.63) is 39.8 Å². The summed E-state index contributed by atoms with van der Waals surface area (Å²) in [6.45, 7) is 2.12. The Kier molecular flexibility index (Phi) is 8.00. The van der Waals surface area contributed by atoms with Gasteiger partial charge in [-0.05, 0) is 13.0 Å². The zero-order valence-electron chi connectivity index (χ0n) is 13.2. The first-order chi connectivity index (χ1) is 11.1. The molecular formula is C15H18ClN3O4S. The number of aromatic hydroxyl groups is 1. The fraction of sp³-hybridized carbons (Fsp3) is 0.267. The number of para-hydroxylation sites is 1. The van der Waals surface area contributed by atoms with E-state index in [2.05, 4.69) is 15.5 Å². The van der Waals surface area contributed by atoms with E-state index in [-0.39, 0.29) is 24.8 Å². The number of phenols is 1. The van der Waals surface area contributed by atoms with Crippen molar-refractivity contribution in [2.24, 2.45) is 5.10 Å². The molecule has 0 saturated carbocycles. The zero-order valence-corrected chi connectivity index (χ0v) is 14.8. The Morgan fingerprint density at radius 1 is 1.50 bits per heavy atom. The molecule has 0 saturated heterocycles. The van der Waals surface area contributed by atoms with Gasteiger partial charge in [0.1, 0.15) is 11.5 Å². The molecule has 2 N–H and O–H groups in total. The first-order valence-corrected chi connectivity index (χ1v) is 7.68. The number of hydrogen-bond donors (Lipinski definition) is 2. The van der Waals surface area contributed by atoms with Gasteiger partial charge in [0.15, 0.2) is 11.5 Å². The van der Waals surface area contributed by atoms with Gasteiger partial charge in [-0.1, -0.05) is 12.1 Å². The highest BCUT2D eigenvalue weighted by molar-refractivity contribution is 7.11. The highest BCUT2D eigenvalue weighted by Gasteiger charge is 2.12. The van der Waals surface area contributed by atoms with E-state index in [1.165, 1.54) is 24.7 Å². The van der Waals surface area contributed by atoms with Gasteiger partial charge in [0.05, 0.1) is 31.1 Å². The van der Waals surface area contributed by atoms with Gasteiger partial charge < -0.3 is 20.0 Å². The van der Waals surface area contributed by atoms with Crippen LogP contribution in [0.4, 0.5) is 0 Å². The number of rotatable bonds is 7. The molecule has 2 rings (SSSR count). The maximum atomic E-state index is 11.7. The van der Waals surface area contributed by atoms with E-state index in [4.69, 9.17) is 9.47 Å². The molecule has 7 nitrogen and oxygen atoms in total. The quantitative estimate of drug-likeness (QED) is 0.441. The van der Waals surface area contributed by atoms with Crippen molar-refractivity contribution in [2.45, 2.75) is 13.5 Å². The predicted molar refractivity (Wildman–Crippen MR) is 94.4 cm³/mol. The third-order valence-corrected chi connectivity index (χ3v) is 3.88. The van der Waals surface area contributed by atoms with Crippen molar-refractivity contribution in [1.29, 1.82) is 0 Å². The largest absolute Gasteiger partial charge is 0.504 e. The lowest BCUT2D eigenvalue weighted by Crippen LogP contribution is -2.10. The van der Waals surface area contributed by atoms with Crippen LogP contribution in [0.5, 0.6) is 11.5 Å². The number of halogens is 1. The van der Waals surface area contributed by atoms with E-state index in [9.17, 15) is 9.90 Å². The van der Waals surface area contributed by atoms with E-state index in [1.54, 1.807) is 30.6 Å². The van der Waals surface area contributed by atoms with Crippen LogP contribution < -0.4 is 10.2 Å². The number of thiazole rings is 1. The van der Waals surface area contributed by atoms with E-state index in [1.807, 2.05) is 0 Å². The minimum absolute atomic E-state index is 0. The molecule has 24 heavy (non-hydrogen) atoms. The Morgan fingerprint density at radius 2 is 2.29 bits per heavy atom. The zero-order chi connectivity index (χ0) is 16.7. The number of hydrogen-bond acceptors (Lipinski definition) is 8. The van der Waals surface area contributed by atoms with E-state index in [0.29, 0.717) is 28.4 Å². The third-order valence-electron chi connectivity index (χ3n) is 2.97. The second kappa shape index (κ2) is 9.74. The van der Waals surface area contributed by atoms with Crippen molar-refractivity contribution in [3.8, 4) is 11.5 Å². The third kappa shape index (κ3) is 5.10. The molecule has 0 unspecified atom stereocenters. The SMILES string of the molecule is COc1cccc(CN/N=C/COC(=O)c2scnc2C)c1O.Cl. The smallest absolute Gasteiger partial charge is 0.350 e. The maximum Gasteiger partial charge on any atom is 0.350 e. The van der Waals surface area contributed by atoms with Gasteiger partial charge in [-0.3, -0.25) is 0 Å². The number of methoxy groups -OCH3 is 1. The number of aryl methyl sites for hydroxylation is 1. The molecule has 0 aliphatic carbocycles. The topological polar surface area (TPSA) is 93.0 Å². The number of benzene rings is 1. The normalized spacial score (nSPS) is 10.2. The molecule has 0 bridgehead atoms. The summed E-state index contributed by atoms with van der Waals surface area (Å²) in [4.78, 5) is 16.2. The number of ether oxygens (including phenoxy) is 2. The molecule has 1 aromatic heterocycles. The van der Waals surface area contributed by atoms with Gasteiger partial charge >= 0.3 is 5.97 Å². The standard InChI is InChI=1S/C15H17N3O4S.ClH/c1-10-14(23-9-16-10)15(20)22-7-6-17-18-8-11-4-3-5-12(21-2)13(11)19;/h3-6,9,18-19H,7-8H2,1-2H3;1H/b17-6+;. The molecule has 1 heterocycles. The van der Waals surface area contributed by atoms with E-state index >= 15 is 0 Å². The first-order valence-electron chi connectivity index (χ1n) is 6.80. The lowest BCUT2D eigenvalue weighted by molar-refractivity contribution is 0.0571. The molecule has 0 fully saturated rings. The van der Waals surface area contributed by atoms with E-state index < -0.39 is 5.97 Å². The van der Waals surface area contributed by atoms with Crippen molar-refractivity contribution < 1.29 is 19.4 Å². The van der Waals surface area contributed by atoms with E-state index in [0.717, 1.165) is 0 Å². The maximum absolute atomic E-state index is 11.7. The summed E-state index contributed by atoms with van der Waals surface area (Å²) in [5.74, 6) is 0.0637. The molecule has 0 radical (unpaired) electrons. The molecular weight excluding hydrogens is 354 g/mol.